The second-order valence-corrected chi connectivity index (χ2v) is 6.75. The van der Waals surface area contributed by atoms with E-state index < -0.39 is 17.5 Å². The molecule has 6 nitrogen and oxygen atoms in total. The standard InChI is InChI=1S/C14H22N2O4/c1-13(2,3)20-12(17)16-9-7-8(15-6)10-11(9)19-14(4,5)18-10/h8-11H,7H2,1-5H3,(H,16,17)/t8-,9+,10+,11-/m0/s1. The SMILES string of the molecule is [C-]#[N+][C@H]1C[C@@H](NC(=O)OC(C)(C)C)[C@@H]2OC(C)(C)O[C@@H]21. The van der Waals surface area contributed by atoms with Crippen LogP contribution in [0.1, 0.15) is 41.0 Å². The van der Waals surface area contributed by atoms with E-state index in [0.29, 0.717) is 6.42 Å². The number of carbonyl (C=O) groups excluding carboxylic acids is 1. The average Bonchev–Trinajstić information content (AvgIpc) is 2.70. The minimum absolute atomic E-state index is 0.254. The van der Waals surface area contributed by atoms with Gasteiger partial charge >= 0.3 is 6.09 Å². The normalized spacial score (nSPS) is 35.2. The summed E-state index contributed by atoms with van der Waals surface area (Å²) in [6.07, 6.45) is -0.548. The van der Waals surface area contributed by atoms with Gasteiger partial charge in [-0.05, 0) is 34.6 Å². The molecule has 0 unspecified atom stereocenters. The van der Waals surface area contributed by atoms with Gasteiger partial charge in [-0.1, -0.05) is 0 Å². The molecule has 6 heteroatoms. The summed E-state index contributed by atoms with van der Waals surface area (Å²) >= 11 is 0. The Labute approximate surface area is 119 Å². The second-order valence-electron chi connectivity index (χ2n) is 6.75. The lowest BCUT2D eigenvalue weighted by Gasteiger charge is -2.24. The molecule has 2 rings (SSSR count). The first-order valence-corrected chi connectivity index (χ1v) is 6.83. The Hall–Kier alpha value is -1.32. The van der Waals surface area contributed by atoms with Crippen molar-refractivity contribution in [3.05, 3.63) is 11.4 Å². The molecular weight excluding hydrogens is 260 g/mol. The van der Waals surface area contributed by atoms with Gasteiger partial charge in [-0.3, -0.25) is 0 Å². The minimum Gasteiger partial charge on any atom is -0.444 e. The van der Waals surface area contributed by atoms with Crippen molar-refractivity contribution < 1.29 is 19.0 Å². The lowest BCUT2D eigenvalue weighted by atomic mass is 10.2. The Morgan fingerprint density at radius 1 is 1.35 bits per heavy atom. The summed E-state index contributed by atoms with van der Waals surface area (Å²) in [6, 6.07) is -0.544. The predicted octanol–water partition coefficient (Wildman–Crippen LogP) is 2.09. The Balaban J connectivity index is 2.03. The molecule has 1 saturated carbocycles. The average molecular weight is 282 g/mol. The molecule has 2 aliphatic rings. The van der Waals surface area contributed by atoms with Crippen LogP contribution in [-0.4, -0.2) is 41.8 Å². The first-order valence-electron chi connectivity index (χ1n) is 6.83. The topological polar surface area (TPSA) is 61.2 Å². The zero-order chi connectivity index (χ0) is 15.1. The highest BCUT2D eigenvalue weighted by molar-refractivity contribution is 5.68. The van der Waals surface area contributed by atoms with Crippen LogP contribution in [0.2, 0.25) is 0 Å². The molecule has 1 amide bonds. The van der Waals surface area contributed by atoms with Crippen molar-refractivity contribution in [2.75, 3.05) is 0 Å². The fraction of sp³-hybridized carbons (Fsp3) is 0.857. The molecule has 0 bridgehead atoms. The van der Waals surface area contributed by atoms with Crippen molar-refractivity contribution in [2.45, 2.75) is 76.7 Å². The van der Waals surface area contributed by atoms with Gasteiger partial charge in [0, 0.05) is 6.42 Å². The molecule has 4 atom stereocenters. The van der Waals surface area contributed by atoms with Crippen LogP contribution < -0.4 is 5.32 Å². The van der Waals surface area contributed by atoms with Gasteiger partial charge in [-0.25, -0.2) is 11.4 Å². The van der Waals surface area contributed by atoms with Gasteiger partial charge in [0.2, 0.25) is 0 Å². The highest BCUT2D eigenvalue weighted by Gasteiger charge is 2.58. The summed E-state index contributed by atoms with van der Waals surface area (Å²) < 4.78 is 16.8. The van der Waals surface area contributed by atoms with Crippen molar-refractivity contribution in [1.29, 1.82) is 0 Å². The second kappa shape index (κ2) is 4.90. The van der Waals surface area contributed by atoms with E-state index in [4.69, 9.17) is 20.8 Å². The highest BCUT2D eigenvalue weighted by atomic mass is 16.8. The van der Waals surface area contributed by atoms with Crippen LogP contribution in [0.25, 0.3) is 4.85 Å². The number of rotatable bonds is 1. The summed E-state index contributed by atoms with van der Waals surface area (Å²) in [5.41, 5.74) is -0.548. The van der Waals surface area contributed by atoms with Crippen LogP contribution in [0.4, 0.5) is 4.79 Å². The van der Waals surface area contributed by atoms with Crippen LogP contribution in [0.15, 0.2) is 0 Å². The largest absolute Gasteiger partial charge is 0.444 e. The van der Waals surface area contributed by atoms with E-state index in [1.165, 1.54) is 0 Å². The molecule has 0 spiro atoms. The van der Waals surface area contributed by atoms with Crippen molar-refractivity contribution >= 4 is 6.09 Å². The molecule has 2 fully saturated rings. The first kappa shape index (κ1) is 15.1. The third-order valence-electron chi connectivity index (χ3n) is 3.30. The number of amides is 1. The summed E-state index contributed by atoms with van der Waals surface area (Å²) in [4.78, 5) is 15.4. The summed E-state index contributed by atoms with van der Waals surface area (Å²) in [5, 5.41) is 2.80. The zero-order valence-corrected chi connectivity index (χ0v) is 12.6. The fourth-order valence-corrected chi connectivity index (χ4v) is 2.68. The molecule has 0 radical (unpaired) electrons. The van der Waals surface area contributed by atoms with E-state index in [2.05, 4.69) is 10.2 Å². The van der Waals surface area contributed by atoms with Crippen LogP contribution >= 0.6 is 0 Å². The molecule has 20 heavy (non-hydrogen) atoms. The monoisotopic (exact) mass is 282 g/mol. The van der Waals surface area contributed by atoms with Gasteiger partial charge < -0.3 is 24.4 Å². The van der Waals surface area contributed by atoms with Crippen LogP contribution in [0.3, 0.4) is 0 Å². The zero-order valence-electron chi connectivity index (χ0n) is 12.6. The molecule has 1 heterocycles. The minimum atomic E-state index is -0.716. The Morgan fingerprint density at radius 2 is 1.95 bits per heavy atom. The van der Waals surface area contributed by atoms with Gasteiger partial charge in [0.1, 0.15) is 11.7 Å². The van der Waals surface area contributed by atoms with Gasteiger partial charge in [0.15, 0.2) is 11.9 Å². The van der Waals surface area contributed by atoms with E-state index in [0.717, 1.165) is 0 Å². The number of nitrogens with zero attached hydrogens (tertiary/aromatic N) is 1. The molecule has 112 valence electrons. The number of ether oxygens (including phenoxy) is 3. The molecule has 0 aromatic carbocycles. The van der Waals surface area contributed by atoms with Gasteiger partial charge in [0.05, 0.1) is 6.04 Å². The Bertz CT molecular complexity index is 435. The maximum absolute atomic E-state index is 11.9. The maximum Gasteiger partial charge on any atom is 0.407 e. The number of carbonyl (C=O) groups is 1. The lowest BCUT2D eigenvalue weighted by Crippen LogP contribution is -2.45. The molecule has 0 aromatic heterocycles. The summed E-state index contributed by atoms with van der Waals surface area (Å²) in [7, 11) is 0. The smallest absolute Gasteiger partial charge is 0.407 e. The van der Waals surface area contributed by atoms with Crippen molar-refractivity contribution in [2.24, 2.45) is 0 Å². The lowest BCUT2D eigenvalue weighted by molar-refractivity contribution is -0.154. The van der Waals surface area contributed by atoms with Crippen LogP contribution in [-0.2, 0) is 14.2 Å². The number of hydrogen-bond acceptors (Lipinski definition) is 4. The van der Waals surface area contributed by atoms with E-state index in [1.807, 2.05) is 34.6 Å². The third-order valence-corrected chi connectivity index (χ3v) is 3.30. The molecule has 1 N–H and O–H groups in total. The maximum atomic E-state index is 11.9. The Kier molecular flexibility index (Phi) is 3.69. The Morgan fingerprint density at radius 3 is 2.50 bits per heavy atom. The number of alkyl carbamates (subject to hydrolysis) is 1. The quantitative estimate of drug-likeness (QED) is 0.748. The van der Waals surface area contributed by atoms with Gasteiger partial charge in [-0.15, -0.1) is 0 Å². The molecule has 1 aliphatic carbocycles. The molecule has 1 saturated heterocycles. The molecular formula is C14H22N2O4. The van der Waals surface area contributed by atoms with Gasteiger partial charge in [-0.2, -0.15) is 0 Å². The first-order chi connectivity index (χ1) is 9.11. The van der Waals surface area contributed by atoms with Crippen molar-refractivity contribution in [3.8, 4) is 0 Å². The van der Waals surface area contributed by atoms with E-state index in [9.17, 15) is 4.79 Å². The fourth-order valence-electron chi connectivity index (χ4n) is 2.68. The highest BCUT2D eigenvalue weighted by Crippen LogP contribution is 2.39. The number of hydrogen-bond donors (Lipinski definition) is 1. The van der Waals surface area contributed by atoms with Crippen LogP contribution in [0.5, 0.6) is 0 Å². The third kappa shape index (κ3) is 3.22. The molecule has 1 aliphatic heterocycles. The van der Waals surface area contributed by atoms with E-state index in [-0.39, 0.29) is 24.3 Å². The number of fused-ring (bicyclic) bond motifs is 1. The van der Waals surface area contributed by atoms with Crippen LogP contribution in [0, 0.1) is 6.57 Å². The summed E-state index contributed by atoms with van der Waals surface area (Å²) in [6.45, 7) is 16.3. The van der Waals surface area contributed by atoms with E-state index in [1.54, 1.807) is 0 Å². The summed E-state index contributed by atoms with van der Waals surface area (Å²) in [5.74, 6) is -0.716. The van der Waals surface area contributed by atoms with Crippen molar-refractivity contribution in [1.82, 2.24) is 5.32 Å². The van der Waals surface area contributed by atoms with Gasteiger partial charge in [0.25, 0.3) is 6.04 Å². The molecule has 0 aromatic rings. The van der Waals surface area contributed by atoms with Crippen molar-refractivity contribution in [3.63, 3.8) is 0 Å². The number of nitrogens with one attached hydrogen (secondary N) is 1. The van der Waals surface area contributed by atoms with E-state index >= 15 is 0 Å². The predicted molar refractivity (Wildman–Crippen MR) is 72.0 cm³/mol.